The van der Waals surface area contributed by atoms with Crippen molar-refractivity contribution in [3.63, 3.8) is 0 Å². The van der Waals surface area contributed by atoms with E-state index in [2.05, 4.69) is 36.9 Å². The van der Waals surface area contributed by atoms with Crippen LogP contribution in [0.5, 0.6) is 0 Å². The molecule has 0 saturated heterocycles. The van der Waals surface area contributed by atoms with Crippen molar-refractivity contribution in [2.75, 3.05) is 18.5 Å². The molecule has 1 aromatic carbocycles. The Hall–Kier alpha value is -1.51. The van der Waals surface area contributed by atoms with E-state index in [1.165, 1.54) is 11.1 Å². The first-order valence-electron chi connectivity index (χ1n) is 6.96. The van der Waals surface area contributed by atoms with Gasteiger partial charge in [-0.25, -0.2) is 0 Å². The van der Waals surface area contributed by atoms with E-state index in [1.54, 1.807) is 0 Å². The summed E-state index contributed by atoms with van der Waals surface area (Å²) >= 11 is 0. The molecule has 1 aliphatic rings. The van der Waals surface area contributed by atoms with Crippen LogP contribution in [-0.4, -0.2) is 24.7 Å². The molecule has 0 unspecified atom stereocenters. The van der Waals surface area contributed by atoms with Crippen LogP contribution in [0, 0.1) is 19.3 Å². The number of carbonyl (C=O) groups is 1. The summed E-state index contributed by atoms with van der Waals surface area (Å²) in [5.74, 6) is -0.637. The van der Waals surface area contributed by atoms with Crippen LogP contribution in [0.4, 0.5) is 5.69 Å². The fourth-order valence-corrected chi connectivity index (χ4v) is 3.26. The highest BCUT2D eigenvalue weighted by atomic mass is 16.4. The molecule has 0 heterocycles. The summed E-state index contributed by atoms with van der Waals surface area (Å²) in [5.41, 5.74) is 3.04. The molecule has 2 rings (SSSR count). The molecule has 104 valence electrons. The Labute approximate surface area is 115 Å². The molecule has 3 nitrogen and oxygen atoms in total. The van der Waals surface area contributed by atoms with Crippen molar-refractivity contribution < 1.29 is 9.90 Å². The number of anilines is 1. The quantitative estimate of drug-likeness (QED) is 0.903. The Morgan fingerprint density at radius 2 is 1.95 bits per heavy atom. The molecule has 1 saturated carbocycles. The zero-order valence-electron chi connectivity index (χ0n) is 12.1. The van der Waals surface area contributed by atoms with Gasteiger partial charge in [-0.15, -0.1) is 0 Å². The van der Waals surface area contributed by atoms with E-state index in [1.807, 2.05) is 7.05 Å². The molecular formula is C16H23NO2. The van der Waals surface area contributed by atoms with Gasteiger partial charge in [-0.2, -0.15) is 0 Å². The highest BCUT2D eigenvalue weighted by molar-refractivity contribution is 5.76. The first-order valence-corrected chi connectivity index (χ1v) is 6.96. The summed E-state index contributed by atoms with van der Waals surface area (Å²) in [6.45, 7) is 4.76. The van der Waals surface area contributed by atoms with Crippen LogP contribution in [0.3, 0.4) is 0 Å². The third-order valence-electron chi connectivity index (χ3n) is 4.32. The van der Waals surface area contributed by atoms with Crippen LogP contribution < -0.4 is 4.90 Å². The van der Waals surface area contributed by atoms with E-state index >= 15 is 0 Å². The number of aliphatic carboxylic acids is 1. The lowest BCUT2D eigenvalue weighted by molar-refractivity contribution is -0.148. The maximum absolute atomic E-state index is 11.6. The number of carboxylic acids is 1. The zero-order valence-corrected chi connectivity index (χ0v) is 12.1. The molecule has 0 bridgehead atoms. The summed E-state index contributed by atoms with van der Waals surface area (Å²) in [7, 11) is 2.00. The molecule has 1 aromatic rings. The van der Waals surface area contributed by atoms with E-state index < -0.39 is 11.4 Å². The van der Waals surface area contributed by atoms with Gasteiger partial charge in [0.1, 0.15) is 0 Å². The number of nitrogens with zero attached hydrogens (tertiary/aromatic N) is 1. The molecule has 0 radical (unpaired) electrons. The fourth-order valence-electron chi connectivity index (χ4n) is 3.26. The predicted octanol–water partition coefficient (Wildman–Crippen LogP) is 3.38. The Balaban J connectivity index is 2.20. The van der Waals surface area contributed by atoms with Gasteiger partial charge in [-0.3, -0.25) is 4.79 Å². The molecule has 3 heteroatoms. The Morgan fingerprint density at radius 3 is 2.47 bits per heavy atom. The second kappa shape index (κ2) is 5.24. The molecule has 19 heavy (non-hydrogen) atoms. The largest absolute Gasteiger partial charge is 0.481 e. The Bertz CT molecular complexity index is 476. The van der Waals surface area contributed by atoms with E-state index in [0.29, 0.717) is 6.54 Å². The maximum Gasteiger partial charge on any atom is 0.311 e. The van der Waals surface area contributed by atoms with Crippen molar-refractivity contribution in [2.24, 2.45) is 5.41 Å². The van der Waals surface area contributed by atoms with Gasteiger partial charge < -0.3 is 10.0 Å². The predicted molar refractivity (Wildman–Crippen MR) is 77.7 cm³/mol. The molecule has 0 amide bonds. The SMILES string of the molecule is Cc1ccc(N(C)CC2(C(=O)O)CCCC2)c(C)c1. The Kier molecular flexibility index (Phi) is 3.83. The van der Waals surface area contributed by atoms with Crippen molar-refractivity contribution in [1.82, 2.24) is 0 Å². The van der Waals surface area contributed by atoms with Crippen molar-refractivity contribution in [2.45, 2.75) is 39.5 Å². The van der Waals surface area contributed by atoms with Gasteiger partial charge >= 0.3 is 5.97 Å². The standard InChI is InChI=1S/C16H23NO2/c1-12-6-7-14(13(2)10-12)17(3)11-16(15(18)19)8-4-5-9-16/h6-7,10H,4-5,8-9,11H2,1-3H3,(H,18,19). The molecule has 1 N–H and O–H groups in total. The van der Waals surface area contributed by atoms with Crippen molar-refractivity contribution in [3.8, 4) is 0 Å². The number of rotatable bonds is 4. The summed E-state index contributed by atoms with van der Waals surface area (Å²) in [6.07, 6.45) is 3.68. The summed E-state index contributed by atoms with van der Waals surface area (Å²) in [4.78, 5) is 13.7. The normalized spacial score (nSPS) is 17.4. The van der Waals surface area contributed by atoms with Crippen molar-refractivity contribution >= 4 is 11.7 Å². The van der Waals surface area contributed by atoms with Crippen LogP contribution in [0.15, 0.2) is 18.2 Å². The number of hydrogen-bond acceptors (Lipinski definition) is 2. The third-order valence-corrected chi connectivity index (χ3v) is 4.32. The van der Waals surface area contributed by atoms with E-state index in [9.17, 15) is 9.90 Å². The monoisotopic (exact) mass is 261 g/mol. The Morgan fingerprint density at radius 1 is 1.32 bits per heavy atom. The first-order chi connectivity index (χ1) is 8.94. The molecule has 0 aliphatic heterocycles. The highest BCUT2D eigenvalue weighted by Gasteiger charge is 2.42. The number of aryl methyl sites for hydroxylation is 2. The molecule has 1 aliphatic carbocycles. The molecule has 0 spiro atoms. The average molecular weight is 261 g/mol. The third kappa shape index (κ3) is 2.75. The fraction of sp³-hybridized carbons (Fsp3) is 0.562. The summed E-state index contributed by atoms with van der Waals surface area (Å²) in [5, 5.41) is 9.55. The van der Waals surface area contributed by atoms with Crippen LogP contribution in [0.2, 0.25) is 0 Å². The van der Waals surface area contributed by atoms with Gasteiger partial charge in [-0.1, -0.05) is 30.5 Å². The van der Waals surface area contributed by atoms with Gasteiger partial charge in [0.05, 0.1) is 5.41 Å². The lowest BCUT2D eigenvalue weighted by Crippen LogP contribution is -2.40. The van der Waals surface area contributed by atoms with E-state index in [-0.39, 0.29) is 0 Å². The zero-order chi connectivity index (χ0) is 14.0. The average Bonchev–Trinajstić information content (AvgIpc) is 2.78. The van der Waals surface area contributed by atoms with Gasteiger partial charge in [0, 0.05) is 19.3 Å². The van der Waals surface area contributed by atoms with Crippen LogP contribution in [-0.2, 0) is 4.79 Å². The molecule has 1 fully saturated rings. The number of carboxylic acid groups (broad SMARTS) is 1. The summed E-state index contributed by atoms with van der Waals surface area (Å²) < 4.78 is 0. The van der Waals surface area contributed by atoms with Gasteiger partial charge in [0.2, 0.25) is 0 Å². The minimum absolute atomic E-state index is 0.550. The smallest absolute Gasteiger partial charge is 0.311 e. The summed E-state index contributed by atoms with van der Waals surface area (Å²) in [6, 6.07) is 6.32. The van der Waals surface area contributed by atoms with Gasteiger partial charge in [0.25, 0.3) is 0 Å². The minimum Gasteiger partial charge on any atom is -0.481 e. The van der Waals surface area contributed by atoms with Gasteiger partial charge in [-0.05, 0) is 38.3 Å². The number of benzene rings is 1. The molecular weight excluding hydrogens is 238 g/mol. The van der Waals surface area contributed by atoms with Crippen LogP contribution >= 0.6 is 0 Å². The lowest BCUT2D eigenvalue weighted by Gasteiger charge is -2.32. The molecule has 0 aromatic heterocycles. The van der Waals surface area contributed by atoms with Gasteiger partial charge in [0.15, 0.2) is 0 Å². The van der Waals surface area contributed by atoms with E-state index in [4.69, 9.17) is 0 Å². The molecule has 0 atom stereocenters. The first kappa shape index (κ1) is 13.9. The minimum atomic E-state index is -0.637. The van der Waals surface area contributed by atoms with Crippen LogP contribution in [0.1, 0.15) is 36.8 Å². The number of hydrogen-bond donors (Lipinski definition) is 1. The second-order valence-electron chi connectivity index (χ2n) is 5.94. The van der Waals surface area contributed by atoms with Crippen molar-refractivity contribution in [3.05, 3.63) is 29.3 Å². The highest BCUT2D eigenvalue weighted by Crippen LogP contribution is 2.40. The lowest BCUT2D eigenvalue weighted by atomic mass is 9.85. The second-order valence-corrected chi connectivity index (χ2v) is 5.94. The topological polar surface area (TPSA) is 40.5 Å². The van der Waals surface area contributed by atoms with Crippen LogP contribution in [0.25, 0.3) is 0 Å². The van der Waals surface area contributed by atoms with E-state index in [0.717, 1.165) is 31.4 Å². The van der Waals surface area contributed by atoms with Crippen molar-refractivity contribution in [1.29, 1.82) is 0 Å². The maximum atomic E-state index is 11.6.